The number of rotatable bonds is 7. The van der Waals surface area contributed by atoms with E-state index in [-0.39, 0.29) is 31.1 Å². The fraction of sp³-hybridized carbons (Fsp3) is 0.900. The van der Waals surface area contributed by atoms with E-state index in [2.05, 4.69) is 4.72 Å². The van der Waals surface area contributed by atoms with Gasteiger partial charge in [-0.05, 0) is 20.0 Å². The van der Waals surface area contributed by atoms with Crippen LogP contribution in [0.3, 0.4) is 0 Å². The number of sulfonamides is 1. The van der Waals surface area contributed by atoms with E-state index in [1.54, 1.807) is 19.0 Å². The number of hydrogen-bond acceptors (Lipinski definition) is 5. The Morgan fingerprint density at radius 2 is 1.88 bits per heavy atom. The second-order valence-corrected chi connectivity index (χ2v) is 6.32. The molecule has 0 saturated carbocycles. The van der Waals surface area contributed by atoms with Crippen LogP contribution in [0.4, 0.5) is 0 Å². The summed E-state index contributed by atoms with van der Waals surface area (Å²) in [6, 6.07) is -0.312. The van der Waals surface area contributed by atoms with Crippen molar-refractivity contribution in [3.05, 3.63) is 0 Å². The van der Waals surface area contributed by atoms with Gasteiger partial charge in [0.1, 0.15) is 12.6 Å². The third kappa shape index (κ3) is 7.30. The summed E-state index contributed by atoms with van der Waals surface area (Å²) in [5.74, 6) is -0.194. The van der Waals surface area contributed by atoms with E-state index in [0.29, 0.717) is 0 Å². The SMILES string of the molecule is CC(C)[C@@H](C(=O)OCCNS(C)(=O)=O)N(C)C. The van der Waals surface area contributed by atoms with Gasteiger partial charge in [-0.15, -0.1) is 0 Å². The summed E-state index contributed by atoms with van der Waals surface area (Å²) in [5, 5.41) is 0. The molecule has 1 atom stereocenters. The number of esters is 1. The van der Waals surface area contributed by atoms with E-state index in [1.165, 1.54) is 0 Å². The number of likely N-dealkylation sites (N-methyl/N-ethyl adjacent to an activating group) is 1. The van der Waals surface area contributed by atoms with Crippen LogP contribution in [-0.2, 0) is 19.6 Å². The van der Waals surface area contributed by atoms with Crippen molar-refractivity contribution in [2.45, 2.75) is 19.9 Å². The molecule has 0 radical (unpaired) electrons. The van der Waals surface area contributed by atoms with Crippen molar-refractivity contribution in [2.75, 3.05) is 33.5 Å². The number of carbonyl (C=O) groups is 1. The maximum absolute atomic E-state index is 11.7. The molecule has 0 heterocycles. The molecule has 0 unspecified atom stereocenters. The zero-order valence-electron chi connectivity index (χ0n) is 11.1. The van der Waals surface area contributed by atoms with Crippen molar-refractivity contribution >= 4 is 16.0 Å². The molecule has 0 fully saturated rings. The van der Waals surface area contributed by atoms with Gasteiger partial charge in [-0.2, -0.15) is 0 Å². The summed E-state index contributed by atoms with van der Waals surface area (Å²) in [5.41, 5.74) is 0. The van der Waals surface area contributed by atoms with Gasteiger partial charge in [0, 0.05) is 6.54 Å². The topological polar surface area (TPSA) is 75.7 Å². The van der Waals surface area contributed by atoms with Crippen molar-refractivity contribution in [3.63, 3.8) is 0 Å². The number of carbonyl (C=O) groups excluding carboxylic acids is 1. The van der Waals surface area contributed by atoms with Crippen molar-refractivity contribution in [1.82, 2.24) is 9.62 Å². The molecule has 102 valence electrons. The fourth-order valence-electron chi connectivity index (χ4n) is 1.54. The molecular formula is C10H22N2O4S. The fourth-order valence-corrected chi connectivity index (χ4v) is 2.00. The normalized spacial score (nSPS) is 14.1. The number of nitrogens with one attached hydrogen (secondary N) is 1. The van der Waals surface area contributed by atoms with Crippen LogP contribution in [0.5, 0.6) is 0 Å². The maximum Gasteiger partial charge on any atom is 0.323 e. The van der Waals surface area contributed by atoms with Gasteiger partial charge in [-0.3, -0.25) is 9.69 Å². The lowest BCUT2D eigenvalue weighted by atomic mass is 10.0. The summed E-state index contributed by atoms with van der Waals surface area (Å²) in [7, 11) is 0.386. The van der Waals surface area contributed by atoms with Crippen LogP contribution in [0.1, 0.15) is 13.8 Å². The summed E-state index contributed by atoms with van der Waals surface area (Å²) in [6.07, 6.45) is 1.06. The van der Waals surface area contributed by atoms with Gasteiger partial charge in [-0.1, -0.05) is 13.8 Å². The molecule has 0 rings (SSSR count). The van der Waals surface area contributed by atoms with Crippen LogP contribution in [-0.4, -0.2) is 58.8 Å². The lowest BCUT2D eigenvalue weighted by Gasteiger charge is -2.25. The first kappa shape index (κ1) is 16.3. The highest BCUT2D eigenvalue weighted by Crippen LogP contribution is 2.09. The van der Waals surface area contributed by atoms with Gasteiger partial charge in [-0.25, -0.2) is 13.1 Å². The predicted molar refractivity (Wildman–Crippen MR) is 66.1 cm³/mol. The van der Waals surface area contributed by atoms with Crippen LogP contribution in [0.25, 0.3) is 0 Å². The molecule has 0 spiro atoms. The maximum atomic E-state index is 11.7. The zero-order chi connectivity index (χ0) is 13.6. The molecule has 6 nitrogen and oxygen atoms in total. The number of ether oxygens (including phenoxy) is 1. The molecule has 0 aliphatic carbocycles. The van der Waals surface area contributed by atoms with E-state index in [9.17, 15) is 13.2 Å². The monoisotopic (exact) mass is 266 g/mol. The van der Waals surface area contributed by atoms with E-state index < -0.39 is 10.0 Å². The van der Waals surface area contributed by atoms with Crippen LogP contribution in [0.15, 0.2) is 0 Å². The molecule has 17 heavy (non-hydrogen) atoms. The molecule has 0 aromatic rings. The molecule has 0 amide bonds. The quantitative estimate of drug-likeness (QED) is 0.504. The first-order chi connectivity index (χ1) is 7.65. The Kier molecular flexibility index (Phi) is 6.66. The highest BCUT2D eigenvalue weighted by atomic mass is 32.2. The van der Waals surface area contributed by atoms with Crippen molar-refractivity contribution in [1.29, 1.82) is 0 Å². The predicted octanol–water partition coefficient (Wildman–Crippen LogP) is -0.335. The summed E-state index contributed by atoms with van der Waals surface area (Å²) in [4.78, 5) is 13.5. The Labute approximate surface area is 103 Å². The summed E-state index contributed by atoms with van der Waals surface area (Å²) in [6.45, 7) is 4.01. The van der Waals surface area contributed by atoms with Crippen molar-refractivity contribution < 1.29 is 17.9 Å². The van der Waals surface area contributed by atoms with Crippen molar-refractivity contribution in [2.24, 2.45) is 5.92 Å². The third-order valence-electron chi connectivity index (χ3n) is 2.14. The highest BCUT2D eigenvalue weighted by molar-refractivity contribution is 7.88. The van der Waals surface area contributed by atoms with Gasteiger partial charge in [0.15, 0.2) is 0 Å². The minimum absolute atomic E-state index is 0.0446. The number of nitrogens with zero attached hydrogens (tertiary/aromatic N) is 1. The smallest absolute Gasteiger partial charge is 0.323 e. The summed E-state index contributed by atoms with van der Waals surface area (Å²) >= 11 is 0. The minimum Gasteiger partial charge on any atom is -0.463 e. The van der Waals surface area contributed by atoms with Crippen LogP contribution < -0.4 is 4.72 Å². The molecule has 1 N–H and O–H groups in total. The number of hydrogen-bond donors (Lipinski definition) is 1. The van der Waals surface area contributed by atoms with Gasteiger partial charge in [0.2, 0.25) is 10.0 Å². The minimum atomic E-state index is -3.23. The van der Waals surface area contributed by atoms with Gasteiger partial charge >= 0.3 is 5.97 Å². The van der Waals surface area contributed by atoms with E-state index in [1.807, 2.05) is 13.8 Å². The van der Waals surface area contributed by atoms with Gasteiger partial charge in [0.25, 0.3) is 0 Å². The highest BCUT2D eigenvalue weighted by Gasteiger charge is 2.25. The first-order valence-electron chi connectivity index (χ1n) is 5.43. The second kappa shape index (κ2) is 6.93. The Hall–Kier alpha value is -0.660. The Bertz CT molecular complexity index is 330. The standard InChI is InChI=1S/C10H22N2O4S/c1-8(2)9(12(3)4)10(13)16-7-6-11-17(5,14)15/h8-9,11H,6-7H2,1-5H3/t9-/m0/s1. The van der Waals surface area contributed by atoms with Crippen molar-refractivity contribution in [3.8, 4) is 0 Å². The van der Waals surface area contributed by atoms with E-state index >= 15 is 0 Å². The van der Waals surface area contributed by atoms with Gasteiger partial charge in [0.05, 0.1) is 6.26 Å². The van der Waals surface area contributed by atoms with Crippen LogP contribution >= 0.6 is 0 Å². The molecule has 0 saturated heterocycles. The Balaban J connectivity index is 4.08. The zero-order valence-corrected chi connectivity index (χ0v) is 11.9. The summed E-state index contributed by atoms with van der Waals surface area (Å²) < 4.78 is 28.8. The molecule has 0 aliphatic heterocycles. The lowest BCUT2D eigenvalue weighted by Crippen LogP contribution is -2.42. The molecule has 7 heteroatoms. The first-order valence-corrected chi connectivity index (χ1v) is 7.32. The Morgan fingerprint density at radius 3 is 2.24 bits per heavy atom. The average molecular weight is 266 g/mol. The molecular weight excluding hydrogens is 244 g/mol. The molecule has 0 aromatic carbocycles. The largest absolute Gasteiger partial charge is 0.463 e. The molecule has 0 bridgehead atoms. The van der Waals surface area contributed by atoms with Gasteiger partial charge < -0.3 is 4.74 Å². The van der Waals surface area contributed by atoms with Crippen LogP contribution in [0.2, 0.25) is 0 Å². The second-order valence-electron chi connectivity index (χ2n) is 4.49. The average Bonchev–Trinajstić information content (AvgIpc) is 2.09. The third-order valence-corrected chi connectivity index (χ3v) is 2.87. The van der Waals surface area contributed by atoms with E-state index in [0.717, 1.165) is 6.26 Å². The molecule has 0 aromatic heterocycles. The van der Waals surface area contributed by atoms with E-state index in [4.69, 9.17) is 4.74 Å². The Morgan fingerprint density at radius 1 is 1.35 bits per heavy atom. The van der Waals surface area contributed by atoms with Crippen LogP contribution in [0, 0.1) is 5.92 Å². The lowest BCUT2D eigenvalue weighted by molar-refractivity contribution is -0.150. The molecule has 0 aliphatic rings.